The zero-order chi connectivity index (χ0) is 19.6. The van der Waals surface area contributed by atoms with Gasteiger partial charge >= 0.3 is 5.97 Å². The molecule has 0 radical (unpaired) electrons. The van der Waals surface area contributed by atoms with E-state index in [0.29, 0.717) is 5.57 Å². The lowest BCUT2D eigenvalue weighted by Crippen LogP contribution is -2.52. The lowest BCUT2D eigenvalue weighted by molar-refractivity contribution is -0.145. The average Bonchev–Trinajstić information content (AvgIpc) is 2.55. The van der Waals surface area contributed by atoms with Gasteiger partial charge in [0.15, 0.2) is 17.6 Å². The predicted octanol–water partition coefficient (Wildman–Crippen LogP) is 2.98. The fourth-order valence-electron chi connectivity index (χ4n) is 2.60. The molecule has 0 aromatic heterocycles. The number of rotatable bonds is 5. The Balaban J connectivity index is 2.49. The molecule has 1 unspecified atom stereocenters. The van der Waals surface area contributed by atoms with Gasteiger partial charge in [-0.15, -0.1) is 4.72 Å². The van der Waals surface area contributed by atoms with Crippen molar-refractivity contribution < 1.29 is 27.6 Å². The van der Waals surface area contributed by atoms with Crippen LogP contribution in [0.2, 0.25) is 0 Å². The smallest absolute Gasteiger partial charge is 0.328 e. The van der Waals surface area contributed by atoms with Crippen molar-refractivity contribution in [2.45, 2.75) is 44.4 Å². The van der Waals surface area contributed by atoms with E-state index in [1.807, 2.05) is 0 Å². The number of hydrogen-bond donors (Lipinski definition) is 1. The second kappa shape index (κ2) is 7.94. The summed E-state index contributed by atoms with van der Waals surface area (Å²) >= 11 is -1.60. The van der Waals surface area contributed by atoms with Crippen LogP contribution in [0.4, 0.5) is 8.78 Å². The third-order valence-electron chi connectivity index (χ3n) is 3.92. The molecule has 1 aromatic rings. The lowest BCUT2D eigenvalue weighted by Gasteiger charge is -2.35. The molecular weight excluding hydrogens is 364 g/mol. The molecule has 26 heavy (non-hydrogen) atoms. The Morgan fingerprint density at radius 1 is 1.50 bits per heavy atom. The van der Waals surface area contributed by atoms with Crippen LogP contribution in [0.1, 0.15) is 39.2 Å². The molecule has 0 aliphatic carbocycles. The summed E-state index contributed by atoms with van der Waals surface area (Å²) in [6, 6.07) is 1.23. The largest absolute Gasteiger partial charge is 0.598 e. The van der Waals surface area contributed by atoms with Gasteiger partial charge in [-0.1, -0.05) is 12.6 Å². The van der Waals surface area contributed by atoms with Gasteiger partial charge in [0, 0.05) is 22.8 Å². The van der Waals surface area contributed by atoms with E-state index in [0.717, 1.165) is 6.07 Å². The van der Waals surface area contributed by atoms with Crippen molar-refractivity contribution in [3.8, 4) is 5.75 Å². The Hall–Kier alpha value is -1.64. The molecule has 5 nitrogen and oxygen atoms in total. The summed E-state index contributed by atoms with van der Waals surface area (Å²) in [4.78, 5) is 12.5. The van der Waals surface area contributed by atoms with Gasteiger partial charge in [-0.2, -0.15) is 4.39 Å². The van der Waals surface area contributed by atoms with Crippen LogP contribution in [-0.4, -0.2) is 34.5 Å². The first kappa shape index (κ1) is 20.7. The highest BCUT2D eigenvalue weighted by molar-refractivity contribution is 7.90. The first-order valence-corrected chi connectivity index (χ1v) is 9.36. The zero-order valence-electron chi connectivity index (χ0n) is 15.2. The van der Waals surface area contributed by atoms with Crippen molar-refractivity contribution in [2.24, 2.45) is 0 Å². The SMILES string of the molecule is C=C1COc2c(ccc(F)c2F)C1[C@H](N[S@@+]([O-])C(C)(C)C)C(=O)OCC. The molecule has 144 valence electrons. The molecule has 1 aliphatic heterocycles. The molecule has 1 aromatic carbocycles. The highest BCUT2D eigenvalue weighted by Crippen LogP contribution is 2.41. The molecule has 1 N–H and O–H groups in total. The van der Waals surface area contributed by atoms with Gasteiger partial charge in [0.2, 0.25) is 5.82 Å². The number of carbonyl (C=O) groups excluding carboxylic acids is 1. The first-order valence-electron chi connectivity index (χ1n) is 8.21. The van der Waals surface area contributed by atoms with E-state index in [-0.39, 0.29) is 24.5 Å². The maximum absolute atomic E-state index is 14.1. The minimum absolute atomic E-state index is 0.0855. The number of esters is 1. The van der Waals surface area contributed by atoms with Gasteiger partial charge in [-0.05, 0) is 39.3 Å². The van der Waals surface area contributed by atoms with E-state index < -0.39 is 45.7 Å². The number of ether oxygens (including phenoxy) is 2. The van der Waals surface area contributed by atoms with Gasteiger partial charge in [-0.25, -0.2) is 4.39 Å². The summed E-state index contributed by atoms with van der Waals surface area (Å²) in [6.07, 6.45) is 0. The molecule has 0 amide bonds. The van der Waals surface area contributed by atoms with Crippen molar-refractivity contribution >= 4 is 17.3 Å². The maximum Gasteiger partial charge on any atom is 0.328 e. The Kier molecular flexibility index (Phi) is 6.31. The summed E-state index contributed by atoms with van der Waals surface area (Å²) < 4.78 is 52.7. The fraction of sp³-hybridized carbons (Fsp3) is 0.500. The number of fused-ring (bicyclic) bond motifs is 1. The van der Waals surface area contributed by atoms with Crippen molar-refractivity contribution in [3.63, 3.8) is 0 Å². The van der Waals surface area contributed by atoms with Crippen LogP contribution in [0, 0.1) is 11.6 Å². The standard InChI is InChI=1S/C18H23F2NO4S/c1-6-24-17(22)15(21-26(23)18(3,4)5)13-10(2)9-25-16-11(13)7-8-12(19)14(16)20/h7-8,13,15,21H,2,6,9H2,1,3-5H3/t13?,15-,26-/m0/s1. The van der Waals surface area contributed by atoms with Crippen LogP contribution < -0.4 is 9.46 Å². The van der Waals surface area contributed by atoms with Crippen LogP contribution in [0.3, 0.4) is 0 Å². The zero-order valence-corrected chi connectivity index (χ0v) is 16.0. The van der Waals surface area contributed by atoms with Crippen LogP contribution in [0.25, 0.3) is 0 Å². The van der Waals surface area contributed by atoms with Crippen LogP contribution in [0.5, 0.6) is 5.75 Å². The molecule has 0 bridgehead atoms. The van der Waals surface area contributed by atoms with E-state index >= 15 is 0 Å². The van der Waals surface area contributed by atoms with Crippen LogP contribution in [-0.2, 0) is 20.9 Å². The summed E-state index contributed by atoms with van der Waals surface area (Å²) in [6.45, 7) is 10.8. The van der Waals surface area contributed by atoms with Gasteiger partial charge < -0.3 is 14.0 Å². The fourth-order valence-corrected chi connectivity index (χ4v) is 3.42. The summed E-state index contributed by atoms with van der Waals surface area (Å²) in [5.41, 5.74) is 0.733. The minimum Gasteiger partial charge on any atom is -0.598 e. The maximum atomic E-state index is 14.1. The molecule has 0 saturated heterocycles. The lowest BCUT2D eigenvalue weighted by atomic mass is 9.83. The summed E-state index contributed by atoms with van der Waals surface area (Å²) in [7, 11) is 0. The number of carbonyl (C=O) groups is 1. The molecule has 3 atom stereocenters. The van der Waals surface area contributed by atoms with Crippen molar-refractivity contribution in [3.05, 3.63) is 41.5 Å². The molecule has 2 rings (SSSR count). The molecule has 1 aliphatic rings. The normalized spacial score (nSPS) is 19.3. The molecule has 1 heterocycles. The summed E-state index contributed by atoms with van der Waals surface area (Å²) in [5, 5.41) is 0. The second-order valence-corrected chi connectivity index (χ2v) is 8.93. The van der Waals surface area contributed by atoms with E-state index in [9.17, 15) is 18.1 Å². The second-order valence-electron chi connectivity index (χ2n) is 6.93. The minimum atomic E-state index is -1.60. The van der Waals surface area contributed by atoms with Crippen LogP contribution in [0.15, 0.2) is 24.3 Å². The number of nitrogens with one attached hydrogen (secondary N) is 1. The van der Waals surface area contributed by atoms with E-state index in [4.69, 9.17) is 9.47 Å². The highest BCUT2D eigenvalue weighted by Gasteiger charge is 2.43. The van der Waals surface area contributed by atoms with Crippen molar-refractivity contribution in [2.75, 3.05) is 13.2 Å². The first-order chi connectivity index (χ1) is 12.1. The molecule has 0 spiro atoms. The predicted molar refractivity (Wildman–Crippen MR) is 95.2 cm³/mol. The van der Waals surface area contributed by atoms with E-state index in [1.165, 1.54) is 6.07 Å². The number of halogens is 2. The molecule has 8 heteroatoms. The van der Waals surface area contributed by atoms with E-state index in [2.05, 4.69) is 11.3 Å². The molecular formula is C18H23F2NO4S. The Labute approximate surface area is 155 Å². The third kappa shape index (κ3) is 4.19. The highest BCUT2D eigenvalue weighted by atomic mass is 32.2. The Morgan fingerprint density at radius 2 is 2.15 bits per heavy atom. The van der Waals surface area contributed by atoms with Gasteiger partial charge in [-0.3, -0.25) is 4.79 Å². The van der Waals surface area contributed by atoms with Gasteiger partial charge in [0.25, 0.3) is 0 Å². The third-order valence-corrected chi connectivity index (χ3v) is 5.50. The molecule has 0 saturated carbocycles. The van der Waals surface area contributed by atoms with Crippen LogP contribution >= 0.6 is 0 Å². The quantitative estimate of drug-likeness (QED) is 0.478. The number of hydrogen-bond acceptors (Lipinski definition) is 5. The Morgan fingerprint density at radius 3 is 2.73 bits per heavy atom. The average molecular weight is 387 g/mol. The molecule has 0 fully saturated rings. The number of benzene rings is 1. The van der Waals surface area contributed by atoms with Crippen molar-refractivity contribution in [1.29, 1.82) is 0 Å². The monoisotopic (exact) mass is 387 g/mol. The summed E-state index contributed by atoms with van der Waals surface area (Å²) in [5.74, 6) is -3.85. The van der Waals surface area contributed by atoms with E-state index in [1.54, 1.807) is 27.7 Å². The van der Waals surface area contributed by atoms with Gasteiger partial charge in [0.05, 0.1) is 6.61 Å². The topological polar surface area (TPSA) is 70.6 Å². The Bertz CT molecular complexity index is 705. The van der Waals surface area contributed by atoms with Crippen molar-refractivity contribution in [1.82, 2.24) is 4.72 Å². The van der Waals surface area contributed by atoms with Gasteiger partial charge in [0.1, 0.15) is 11.4 Å².